The third kappa shape index (κ3) is 14.2. The quantitative estimate of drug-likeness (QED) is 0.100. The second kappa shape index (κ2) is 28.5. The molecule has 0 bridgehead atoms. The van der Waals surface area contributed by atoms with E-state index in [1.807, 2.05) is 104 Å². The smallest absolute Gasteiger partial charge is 0.0920 e. The highest BCUT2D eigenvalue weighted by atomic mass is 15.1. The van der Waals surface area contributed by atoms with Gasteiger partial charge < -0.3 is 9.47 Å². The van der Waals surface area contributed by atoms with Gasteiger partial charge in [0.25, 0.3) is 0 Å². The number of hydrogen-bond acceptors (Lipinski definition) is 5. The van der Waals surface area contributed by atoms with Crippen LogP contribution < -0.4 is 4.90 Å². The third-order valence-corrected chi connectivity index (χ3v) is 7.29. The van der Waals surface area contributed by atoms with Gasteiger partial charge in [0.15, 0.2) is 0 Å². The molecular formula is C45H62N6. The Bertz CT molecular complexity index is 1670. The summed E-state index contributed by atoms with van der Waals surface area (Å²) in [5.41, 5.74) is 9.16. The highest BCUT2D eigenvalue weighted by Gasteiger charge is 2.15. The Kier molecular flexibility index (Phi) is 25.5. The van der Waals surface area contributed by atoms with Gasteiger partial charge in [-0.25, -0.2) is 0 Å². The van der Waals surface area contributed by atoms with Gasteiger partial charge in [0, 0.05) is 49.3 Å². The Morgan fingerprint density at radius 2 is 1.57 bits per heavy atom. The van der Waals surface area contributed by atoms with Crippen molar-refractivity contribution in [3.05, 3.63) is 153 Å². The fourth-order valence-corrected chi connectivity index (χ4v) is 4.92. The molecule has 0 radical (unpaired) electrons. The molecule has 0 amide bonds. The van der Waals surface area contributed by atoms with Crippen LogP contribution in [0.25, 0.3) is 22.3 Å². The van der Waals surface area contributed by atoms with E-state index in [4.69, 9.17) is 0 Å². The van der Waals surface area contributed by atoms with Gasteiger partial charge in [0.05, 0.1) is 40.9 Å². The maximum Gasteiger partial charge on any atom is 0.0920 e. The molecule has 1 aliphatic rings. The van der Waals surface area contributed by atoms with Crippen molar-refractivity contribution in [1.29, 1.82) is 0 Å². The minimum Gasteiger partial charge on any atom is -0.362 e. The normalized spacial score (nSPS) is 13.0. The van der Waals surface area contributed by atoms with Gasteiger partial charge in [-0.1, -0.05) is 111 Å². The number of aromatic nitrogens is 3. The molecule has 3 aromatic heterocycles. The van der Waals surface area contributed by atoms with Crippen LogP contribution in [0.15, 0.2) is 146 Å². The lowest BCUT2D eigenvalue weighted by Crippen LogP contribution is -2.30. The van der Waals surface area contributed by atoms with Crippen LogP contribution in [0, 0.1) is 6.92 Å². The third-order valence-electron chi connectivity index (χ3n) is 7.29. The van der Waals surface area contributed by atoms with E-state index in [2.05, 4.69) is 125 Å². The van der Waals surface area contributed by atoms with Crippen LogP contribution in [-0.4, -0.2) is 40.1 Å². The highest BCUT2D eigenvalue weighted by molar-refractivity contribution is 5.95. The van der Waals surface area contributed by atoms with Crippen molar-refractivity contribution in [2.45, 2.75) is 81.2 Å². The molecule has 1 aromatic carbocycles. The molecule has 6 heteroatoms. The Labute approximate surface area is 309 Å². The van der Waals surface area contributed by atoms with E-state index in [-0.39, 0.29) is 6.04 Å². The van der Waals surface area contributed by atoms with Crippen LogP contribution in [0.5, 0.6) is 0 Å². The number of anilines is 1. The number of benzene rings is 1. The molecule has 1 aliphatic heterocycles. The largest absolute Gasteiger partial charge is 0.362 e. The molecule has 1 unspecified atom stereocenters. The summed E-state index contributed by atoms with van der Waals surface area (Å²) in [7, 11) is 2.03. The molecule has 0 fully saturated rings. The summed E-state index contributed by atoms with van der Waals surface area (Å²) in [6.07, 6.45) is 25.0. The van der Waals surface area contributed by atoms with E-state index in [0.29, 0.717) is 0 Å². The van der Waals surface area contributed by atoms with Crippen LogP contribution in [0.2, 0.25) is 0 Å². The van der Waals surface area contributed by atoms with Crippen molar-refractivity contribution < 1.29 is 0 Å². The number of allylic oxidation sites excluding steroid dienone is 6. The number of fused-ring (bicyclic) bond motifs is 1. The van der Waals surface area contributed by atoms with E-state index in [9.17, 15) is 0 Å². The molecule has 0 N–H and O–H groups in total. The minimum atomic E-state index is 0.184. The molecule has 1 atom stereocenters. The molecule has 0 saturated heterocycles. The van der Waals surface area contributed by atoms with E-state index in [1.54, 1.807) is 18.6 Å². The Morgan fingerprint density at radius 3 is 2.18 bits per heavy atom. The second-order valence-electron chi connectivity index (χ2n) is 9.94. The van der Waals surface area contributed by atoms with Crippen molar-refractivity contribution in [2.75, 3.05) is 11.9 Å². The Hall–Kier alpha value is -5.36. The first-order chi connectivity index (χ1) is 25.1. The Morgan fingerprint density at radius 1 is 0.882 bits per heavy atom. The number of nitrogens with zero attached hydrogens (tertiary/aromatic N) is 6. The number of aliphatic imine (C=N–C) groups is 2. The van der Waals surface area contributed by atoms with Crippen LogP contribution in [0.4, 0.5) is 5.69 Å². The van der Waals surface area contributed by atoms with Crippen molar-refractivity contribution in [3.63, 3.8) is 0 Å². The first-order valence-electron chi connectivity index (χ1n) is 18.1. The van der Waals surface area contributed by atoms with E-state index >= 15 is 0 Å². The highest BCUT2D eigenvalue weighted by Crippen LogP contribution is 2.28. The van der Waals surface area contributed by atoms with Gasteiger partial charge in [-0.15, -0.1) is 13.2 Å². The lowest BCUT2D eigenvalue weighted by Gasteiger charge is -2.23. The predicted octanol–water partition coefficient (Wildman–Crippen LogP) is 12.6. The average molecular weight is 687 g/mol. The van der Waals surface area contributed by atoms with Crippen LogP contribution >= 0.6 is 0 Å². The second-order valence-corrected chi connectivity index (χ2v) is 9.94. The molecular weight excluding hydrogens is 625 g/mol. The summed E-state index contributed by atoms with van der Waals surface area (Å²) in [4.78, 5) is 19.3. The van der Waals surface area contributed by atoms with E-state index in [1.165, 1.54) is 16.8 Å². The lowest BCUT2D eigenvalue weighted by atomic mass is 10.0. The van der Waals surface area contributed by atoms with Crippen molar-refractivity contribution in [2.24, 2.45) is 9.98 Å². The maximum atomic E-state index is 4.59. The van der Waals surface area contributed by atoms with Gasteiger partial charge in [-0.3, -0.25) is 20.0 Å². The van der Waals surface area contributed by atoms with Gasteiger partial charge in [-0.2, -0.15) is 0 Å². The predicted molar refractivity (Wildman–Crippen MR) is 230 cm³/mol. The maximum absolute atomic E-state index is 4.59. The van der Waals surface area contributed by atoms with Crippen LogP contribution in [-0.2, 0) is 0 Å². The minimum absolute atomic E-state index is 0.184. The number of likely N-dealkylation sites (N-methyl/N-ethyl adjacent to an activating group) is 1. The standard InChI is InChI=1S/C25H27N3.C12H13N3.3C2H6.C2H4/c1-5-20(21-12-9-8-10-13-21)15-16-22(6-2)28-23-14-11-17-27-25(23)19(4)24(28)18-26-7-3;1-15(12-6-4-8-14-10-12)11-5-2-3-7-13-9-11;4*1-2/h7-18H,3,5-6H2,1-2,4H3;2-11H,1H3;3*1-2H3;1-2H2/b20-15+,22-16+,26-18?;;;;;. The monoisotopic (exact) mass is 687 g/mol. The van der Waals surface area contributed by atoms with Gasteiger partial charge in [0.2, 0.25) is 0 Å². The first-order valence-corrected chi connectivity index (χ1v) is 18.1. The van der Waals surface area contributed by atoms with E-state index < -0.39 is 0 Å². The topological polar surface area (TPSA) is 58.7 Å². The molecule has 6 nitrogen and oxygen atoms in total. The summed E-state index contributed by atoms with van der Waals surface area (Å²) in [6, 6.07) is 18.8. The zero-order valence-corrected chi connectivity index (χ0v) is 32.9. The van der Waals surface area contributed by atoms with Crippen molar-refractivity contribution in [1.82, 2.24) is 14.5 Å². The summed E-state index contributed by atoms with van der Waals surface area (Å²) < 4.78 is 2.26. The fourth-order valence-electron chi connectivity index (χ4n) is 4.92. The zero-order chi connectivity index (χ0) is 38.4. The van der Waals surface area contributed by atoms with Crippen LogP contribution in [0.3, 0.4) is 0 Å². The number of rotatable bonds is 9. The number of hydrogen-bond donors (Lipinski definition) is 0. The summed E-state index contributed by atoms with van der Waals surface area (Å²) in [6.45, 7) is 28.2. The molecule has 5 rings (SSSR count). The fraction of sp³-hybridized carbons (Fsp3) is 0.289. The molecule has 272 valence electrons. The Balaban J connectivity index is 0.000000915. The average Bonchev–Trinajstić information content (AvgIpc) is 3.35. The SMILES string of the molecule is C=C.C=CN=Cc1c(C)c2ncccc2n1/C(=C/C=C(\CC)c1ccccc1)CC.CC.CC.CC.CN(c1cccnc1)C1C=CC=CN=C1. The van der Waals surface area contributed by atoms with Gasteiger partial charge in [0.1, 0.15) is 0 Å². The lowest BCUT2D eigenvalue weighted by molar-refractivity contribution is 0.938. The summed E-state index contributed by atoms with van der Waals surface area (Å²) in [5, 5.41) is 0. The summed E-state index contributed by atoms with van der Waals surface area (Å²) in [5.74, 6) is 0. The van der Waals surface area contributed by atoms with E-state index in [0.717, 1.165) is 40.8 Å². The number of pyridine rings is 2. The molecule has 4 heterocycles. The molecule has 51 heavy (non-hydrogen) atoms. The molecule has 4 aromatic rings. The van der Waals surface area contributed by atoms with Gasteiger partial charge >= 0.3 is 0 Å². The molecule has 0 saturated carbocycles. The zero-order valence-electron chi connectivity index (χ0n) is 32.9. The first kappa shape index (κ1) is 45.6. The summed E-state index contributed by atoms with van der Waals surface area (Å²) >= 11 is 0. The van der Waals surface area contributed by atoms with Gasteiger partial charge in [-0.05, 0) is 67.3 Å². The molecule has 0 aliphatic carbocycles. The van der Waals surface area contributed by atoms with Crippen LogP contribution in [0.1, 0.15) is 85.1 Å². The van der Waals surface area contributed by atoms with Crippen molar-refractivity contribution >= 4 is 40.4 Å². The molecule has 0 spiro atoms. The van der Waals surface area contributed by atoms with Crippen molar-refractivity contribution in [3.8, 4) is 0 Å². The number of aryl methyl sites for hydroxylation is 1.